The fourth-order valence-electron chi connectivity index (χ4n) is 2.35. The van der Waals surface area contributed by atoms with Crippen molar-refractivity contribution in [3.63, 3.8) is 0 Å². The highest BCUT2D eigenvalue weighted by atomic mass is 28.4. The van der Waals surface area contributed by atoms with Crippen molar-refractivity contribution >= 4 is 14.0 Å². The zero-order valence-electron chi connectivity index (χ0n) is 16.2. The summed E-state index contributed by atoms with van der Waals surface area (Å²) in [6, 6.07) is 3.95. The Balaban J connectivity index is 1.68. The normalized spacial score (nSPS) is 12.2. The molecule has 0 aliphatic heterocycles. The number of hydrogen-bond donors (Lipinski definition) is 0. The Morgan fingerprint density at radius 1 is 1.08 bits per heavy atom. The Kier molecular flexibility index (Phi) is 5.03. The monoisotopic (exact) mass is 366 g/mol. The molecule has 0 saturated carbocycles. The number of imidazole rings is 2. The van der Waals surface area contributed by atoms with E-state index in [4.69, 9.17) is 4.43 Å². The van der Waals surface area contributed by atoms with Crippen molar-refractivity contribution in [2.24, 2.45) is 0 Å². The van der Waals surface area contributed by atoms with Crippen LogP contribution in [0.2, 0.25) is 18.1 Å². The molecule has 0 N–H and O–H groups in total. The molecule has 0 bridgehead atoms. The van der Waals surface area contributed by atoms with E-state index in [1.807, 2.05) is 39.7 Å². The van der Waals surface area contributed by atoms with Crippen molar-refractivity contribution < 1.29 is 4.43 Å². The average Bonchev–Trinajstić information content (AvgIpc) is 3.20. The molecule has 0 atom stereocenters. The minimum atomic E-state index is -1.73. The second kappa shape index (κ2) is 7.10. The van der Waals surface area contributed by atoms with Crippen LogP contribution in [0.1, 0.15) is 32.2 Å². The van der Waals surface area contributed by atoms with E-state index < -0.39 is 8.32 Å². The van der Waals surface area contributed by atoms with Crippen molar-refractivity contribution in [2.45, 2.75) is 45.4 Å². The fraction of sp³-hybridized carbons (Fsp3) is 0.400. The minimum Gasteiger partial charge on any atom is -0.415 e. The minimum absolute atomic E-state index is 0.218. The molecule has 0 unspecified atom stereocenters. The van der Waals surface area contributed by atoms with Crippen LogP contribution in [-0.2, 0) is 11.0 Å². The molecular formula is C20H26N4OSi. The molecule has 3 aromatic rings. The van der Waals surface area contributed by atoms with Crippen LogP contribution in [0.25, 0.3) is 5.65 Å². The van der Waals surface area contributed by atoms with Crippen LogP contribution in [-0.4, -0.2) is 33.9 Å². The van der Waals surface area contributed by atoms with Gasteiger partial charge in [-0.2, -0.15) is 0 Å². The summed E-state index contributed by atoms with van der Waals surface area (Å²) >= 11 is 0. The summed E-state index contributed by atoms with van der Waals surface area (Å²) in [5.74, 6) is 7.10. The lowest BCUT2D eigenvalue weighted by molar-refractivity contribution is 0.271. The molecule has 0 amide bonds. The maximum Gasteiger partial charge on any atom is 0.192 e. The Morgan fingerprint density at radius 2 is 1.85 bits per heavy atom. The topological polar surface area (TPSA) is 44.4 Å². The number of rotatable bonds is 4. The molecule has 0 radical (unpaired) electrons. The summed E-state index contributed by atoms with van der Waals surface area (Å²) in [4.78, 5) is 8.66. The number of pyridine rings is 1. The molecule has 0 aromatic carbocycles. The molecule has 5 nitrogen and oxygen atoms in total. The highest BCUT2D eigenvalue weighted by molar-refractivity contribution is 6.74. The Bertz CT molecular complexity index is 953. The Morgan fingerprint density at radius 3 is 2.62 bits per heavy atom. The molecule has 0 fully saturated rings. The molecule has 0 aliphatic carbocycles. The lowest BCUT2D eigenvalue weighted by Crippen LogP contribution is -2.41. The number of aromatic nitrogens is 4. The van der Waals surface area contributed by atoms with E-state index in [2.05, 4.69) is 55.7 Å². The molecule has 136 valence electrons. The lowest BCUT2D eigenvalue weighted by atomic mass is 10.2. The van der Waals surface area contributed by atoms with Gasteiger partial charge in [0, 0.05) is 43.1 Å². The van der Waals surface area contributed by atoms with Gasteiger partial charge >= 0.3 is 0 Å². The van der Waals surface area contributed by atoms with Gasteiger partial charge in [0.15, 0.2) is 14.1 Å². The first-order chi connectivity index (χ1) is 12.3. The third kappa shape index (κ3) is 4.06. The molecule has 3 heterocycles. The highest BCUT2D eigenvalue weighted by Gasteiger charge is 2.36. The van der Waals surface area contributed by atoms with Crippen LogP contribution < -0.4 is 0 Å². The van der Waals surface area contributed by atoms with E-state index in [9.17, 15) is 0 Å². The van der Waals surface area contributed by atoms with Gasteiger partial charge in [-0.05, 0) is 36.2 Å². The summed E-state index contributed by atoms with van der Waals surface area (Å²) < 4.78 is 10.3. The zero-order valence-corrected chi connectivity index (χ0v) is 17.2. The van der Waals surface area contributed by atoms with Gasteiger partial charge in [0.1, 0.15) is 5.65 Å². The van der Waals surface area contributed by atoms with Gasteiger partial charge in [-0.25, -0.2) is 9.97 Å². The highest BCUT2D eigenvalue weighted by Crippen LogP contribution is 2.36. The number of nitrogens with zero attached hydrogens (tertiary/aromatic N) is 4. The quantitative estimate of drug-likeness (QED) is 0.519. The van der Waals surface area contributed by atoms with Crippen LogP contribution in [0.3, 0.4) is 0 Å². The van der Waals surface area contributed by atoms with Crippen LogP contribution in [0.15, 0.2) is 43.1 Å². The van der Waals surface area contributed by atoms with Gasteiger partial charge in [-0.3, -0.25) is 0 Å². The second-order valence-electron chi connectivity index (χ2n) is 7.91. The summed E-state index contributed by atoms with van der Waals surface area (Å²) in [5.41, 5.74) is 1.82. The smallest absolute Gasteiger partial charge is 0.192 e. The molecule has 3 aromatic heterocycles. The Hall–Kier alpha value is -2.36. The third-order valence-electron chi connectivity index (χ3n) is 5.03. The SMILES string of the molecule is CC(C)(C)[Si](C)(C)OCCn1ccnc1C#Cc1ccn2ccnc2c1. The Labute approximate surface area is 156 Å². The van der Waals surface area contributed by atoms with Gasteiger partial charge in [0.05, 0.1) is 6.61 Å². The van der Waals surface area contributed by atoms with Gasteiger partial charge in [-0.1, -0.05) is 26.7 Å². The molecule has 0 spiro atoms. The number of fused-ring (bicyclic) bond motifs is 1. The summed E-state index contributed by atoms with van der Waals surface area (Å²) in [6.07, 6.45) is 9.40. The lowest BCUT2D eigenvalue weighted by Gasteiger charge is -2.36. The average molecular weight is 367 g/mol. The van der Waals surface area contributed by atoms with Crippen LogP contribution >= 0.6 is 0 Å². The van der Waals surface area contributed by atoms with Crippen molar-refractivity contribution in [3.8, 4) is 11.8 Å². The maximum absolute atomic E-state index is 6.26. The van der Waals surface area contributed by atoms with Crippen LogP contribution in [0, 0.1) is 11.8 Å². The van der Waals surface area contributed by atoms with Gasteiger partial charge in [-0.15, -0.1) is 0 Å². The van der Waals surface area contributed by atoms with E-state index in [1.54, 1.807) is 12.4 Å². The number of hydrogen-bond acceptors (Lipinski definition) is 3. The second-order valence-corrected chi connectivity index (χ2v) is 12.7. The molecule has 3 rings (SSSR count). The van der Waals surface area contributed by atoms with Crippen molar-refractivity contribution in [2.75, 3.05) is 6.61 Å². The zero-order chi connectivity index (χ0) is 18.8. The van der Waals surface area contributed by atoms with Crippen molar-refractivity contribution in [1.82, 2.24) is 18.9 Å². The molecule has 0 aliphatic rings. The first kappa shape index (κ1) is 18.4. The summed E-state index contributed by atoms with van der Waals surface area (Å²) in [7, 11) is -1.73. The van der Waals surface area contributed by atoms with Crippen molar-refractivity contribution in [1.29, 1.82) is 0 Å². The van der Waals surface area contributed by atoms with E-state index >= 15 is 0 Å². The standard InChI is InChI=1S/C20H26N4OSi/c1-20(2,3)26(4,5)25-15-14-24-13-9-21-18(24)7-6-17-8-11-23-12-10-22-19(23)16-17/h8-13,16H,14-15H2,1-5H3. The predicted octanol–water partition coefficient (Wildman–Crippen LogP) is 3.95. The van der Waals surface area contributed by atoms with E-state index in [1.165, 1.54) is 0 Å². The van der Waals surface area contributed by atoms with Crippen LogP contribution in [0.4, 0.5) is 0 Å². The van der Waals surface area contributed by atoms with Gasteiger partial charge in [0.25, 0.3) is 0 Å². The van der Waals surface area contributed by atoms with E-state index in [0.29, 0.717) is 6.61 Å². The van der Waals surface area contributed by atoms with Gasteiger partial charge < -0.3 is 13.4 Å². The maximum atomic E-state index is 6.26. The molecule has 26 heavy (non-hydrogen) atoms. The summed E-state index contributed by atoms with van der Waals surface area (Å²) in [5, 5.41) is 0.218. The largest absolute Gasteiger partial charge is 0.415 e. The molecule has 0 saturated heterocycles. The first-order valence-electron chi connectivity index (χ1n) is 8.86. The third-order valence-corrected chi connectivity index (χ3v) is 9.57. The molecular weight excluding hydrogens is 340 g/mol. The van der Waals surface area contributed by atoms with Crippen LogP contribution in [0.5, 0.6) is 0 Å². The van der Waals surface area contributed by atoms with E-state index in [-0.39, 0.29) is 5.04 Å². The van der Waals surface area contributed by atoms with E-state index in [0.717, 1.165) is 23.6 Å². The molecule has 6 heteroatoms. The van der Waals surface area contributed by atoms with Gasteiger partial charge in [0.2, 0.25) is 0 Å². The van der Waals surface area contributed by atoms with Crippen molar-refractivity contribution in [3.05, 3.63) is 54.5 Å². The summed E-state index contributed by atoms with van der Waals surface area (Å²) in [6.45, 7) is 12.7. The first-order valence-corrected chi connectivity index (χ1v) is 11.8. The fourth-order valence-corrected chi connectivity index (χ4v) is 3.38. The predicted molar refractivity (Wildman–Crippen MR) is 107 cm³/mol.